The van der Waals surface area contributed by atoms with Gasteiger partial charge in [-0.05, 0) is 18.2 Å². The molecule has 0 aromatic heterocycles. The third-order valence-corrected chi connectivity index (χ3v) is 2.03. The van der Waals surface area contributed by atoms with Crippen LogP contribution >= 0.6 is 0 Å². The van der Waals surface area contributed by atoms with Crippen LogP contribution in [0, 0.1) is 0 Å². The topological polar surface area (TPSA) is 140 Å². The van der Waals surface area contributed by atoms with Gasteiger partial charge >= 0.3 is 12.1 Å². The molecule has 0 aliphatic heterocycles. The Morgan fingerprint density at radius 3 is 2.25 bits per heavy atom. The molecule has 0 aliphatic rings. The van der Waals surface area contributed by atoms with Crippen LogP contribution in [0.25, 0.3) is 0 Å². The summed E-state index contributed by atoms with van der Waals surface area (Å²) in [6, 6.07) is 1.94. The van der Waals surface area contributed by atoms with E-state index in [0.29, 0.717) is 12.1 Å². The molecule has 0 radical (unpaired) electrons. The predicted molar refractivity (Wildman–Crippen MR) is 65.5 cm³/mol. The van der Waals surface area contributed by atoms with Crippen molar-refractivity contribution in [2.75, 3.05) is 0 Å². The van der Waals surface area contributed by atoms with Gasteiger partial charge in [0.15, 0.2) is 5.96 Å². The van der Waals surface area contributed by atoms with Gasteiger partial charge in [0.1, 0.15) is 0 Å². The minimum absolute atomic E-state index is 0.463. The van der Waals surface area contributed by atoms with Crippen LogP contribution in [0.15, 0.2) is 28.2 Å². The fourth-order valence-corrected chi connectivity index (χ4v) is 1.26. The highest BCUT2D eigenvalue weighted by atomic mass is 19.4. The van der Waals surface area contributed by atoms with E-state index in [2.05, 4.69) is 9.98 Å². The van der Waals surface area contributed by atoms with Crippen molar-refractivity contribution in [1.82, 2.24) is 0 Å². The van der Waals surface area contributed by atoms with Crippen LogP contribution in [0.4, 0.5) is 18.9 Å². The summed E-state index contributed by atoms with van der Waals surface area (Å²) < 4.78 is 37.7. The first-order valence-corrected chi connectivity index (χ1v) is 4.99. The van der Waals surface area contributed by atoms with E-state index < -0.39 is 40.9 Å². The van der Waals surface area contributed by atoms with Crippen molar-refractivity contribution >= 4 is 23.6 Å². The Morgan fingerprint density at radius 2 is 1.80 bits per heavy atom. The molecule has 0 atom stereocenters. The Kier molecular flexibility index (Phi) is 4.17. The van der Waals surface area contributed by atoms with Crippen LogP contribution in [-0.2, 0) is 6.18 Å². The highest BCUT2D eigenvalue weighted by Gasteiger charge is 2.31. The van der Waals surface area contributed by atoms with Crippen LogP contribution in [0.2, 0.25) is 0 Å². The van der Waals surface area contributed by atoms with Crippen molar-refractivity contribution in [3.05, 3.63) is 29.3 Å². The molecule has 0 saturated heterocycles. The molecule has 1 rings (SSSR count). The monoisotopic (exact) mass is 289 g/mol. The molecule has 0 aliphatic carbocycles. The maximum Gasteiger partial charge on any atom is 0.416 e. The lowest BCUT2D eigenvalue weighted by Crippen LogP contribution is -2.26. The number of nitrogens with two attached hydrogens (primary N) is 3. The molecule has 0 amide bonds. The van der Waals surface area contributed by atoms with Crippen LogP contribution in [-0.4, -0.2) is 23.0 Å². The molecule has 108 valence electrons. The number of benzene rings is 1. The van der Waals surface area contributed by atoms with E-state index in [1.165, 1.54) is 0 Å². The lowest BCUT2D eigenvalue weighted by Gasteiger charge is -2.09. The molecule has 0 saturated carbocycles. The van der Waals surface area contributed by atoms with Gasteiger partial charge in [0.25, 0.3) is 0 Å². The summed E-state index contributed by atoms with van der Waals surface area (Å²) >= 11 is 0. The molecule has 20 heavy (non-hydrogen) atoms. The average molecular weight is 289 g/mol. The number of hydrogen-bond donors (Lipinski definition) is 4. The van der Waals surface area contributed by atoms with Gasteiger partial charge in [-0.2, -0.15) is 18.2 Å². The van der Waals surface area contributed by atoms with Gasteiger partial charge in [-0.3, -0.25) is 0 Å². The predicted octanol–water partition coefficient (Wildman–Crippen LogP) is 0.623. The molecule has 7 nitrogen and oxygen atoms in total. The second-order valence-corrected chi connectivity index (χ2v) is 3.54. The first-order valence-electron chi connectivity index (χ1n) is 4.99. The highest BCUT2D eigenvalue weighted by Crippen LogP contribution is 2.33. The average Bonchev–Trinajstić information content (AvgIpc) is 2.25. The molecule has 10 heteroatoms. The lowest BCUT2D eigenvalue weighted by molar-refractivity contribution is -0.137. The van der Waals surface area contributed by atoms with E-state index >= 15 is 0 Å². The van der Waals surface area contributed by atoms with Crippen molar-refractivity contribution in [2.24, 2.45) is 27.2 Å². The Bertz CT molecular complexity index is 591. The van der Waals surface area contributed by atoms with Gasteiger partial charge in [0.05, 0.1) is 16.8 Å². The third-order valence-electron chi connectivity index (χ3n) is 2.03. The number of aliphatic imine (C=N–C) groups is 2. The van der Waals surface area contributed by atoms with E-state index in [1.807, 2.05) is 0 Å². The normalized spacial score (nSPS) is 12.1. The van der Waals surface area contributed by atoms with Gasteiger partial charge in [-0.15, -0.1) is 0 Å². The Hall–Kier alpha value is -2.78. The van der Waals surface area contributed by atoms with Crippen molar-refractivity contribution in [3.8, 4) is 0 Å². The minimum atomic E-state index is -4.65. The van der Waals surface area contributed by atoms with Gasteiger partial charge in [0.2, 0.25) is 5.96 Å². The van der Waals surface area contributed by atoms with E-state index in [-0.39, 0.29) is 0 Å². The second-order valence-electron chi connectivity index (χ2n) is 3.54. The summed E-state index contributed by atoms with van der Waals surface area (Å²) in [4.78, 5) is 17.7. The standard InChI is InChI=1S/C10H10F3N5O2/c11-10(12,13)4-1-2-5(7(19)20)6(3-4)17-9(16)18-8(14)15/h1-3H,(H,19,20)(H6,14,15,16,17,18). The van der Waals surface area contributed by atoms with Crippen molar-refractivity contribution in [3.63, 3.8) is 0 Å². The minimum Gasteiger partial charge on any atom is -0.478 e. The number of hydrogen-bond acceptors (Lipinski definition) is 2. The number of carboxylic acids is 1. The lowest BCUT2D eigenvalue weighted by atomic mass is 10.1. The first kappa shape index (κ1) is 15.3. The van der Waals surface area contributed by atoms with Crippen molar-refractivity contribution in [2.45, 2.75) is 6.18 Å². The highest BCUT2D eigenvalue weighted by molar-refractivity contribution is 5.97. The van der Waals surface area contributed by atoms with Gasteiger partial charge < -0.3 is 22.3 Å². The Morgan fingerprint density at radius 1 is 1.20 bits per heavy atom. The molecular formula is C10H10F3N5O2. The summed E-state index contributed by atoms with van der Waals surface area (Å²) in [6.45, 7) is 0. The SMILES string of the molecule is NC(N)=NC(N)=Nc1cc(C(F)(F)F)ccc1C(=O)O. The molecule has 0 unspecified atom stereocenters. The summed E-state index contributed by atoms with van der Waals surface area (Å²) in [5.41, 5.74) is 13.3. The molecule has 7 N–H and O–H groups in total. The summed E-state index contributed by atoms with van der Waals surface area (Å²) in [5.74, 6) is -2.49. The largest absolute Gasteiger partial charge is 0.478 e. The number of carbonyl (C=O) groups is 1. The maximum absolute atomic E-state index is 12.6. The number of halogens is 3. The van der Waals surface area contributed by atoms with E-state index in [1.54, 1.807) is 0 Å². The Labute approximate surface area is 110 Å². The fraction of sp³-hybridized carbons (Fsp3) is 0.100. The summed E-state index contributed by atoms with van der Waals surface area (Å²) in [6.07, 6.45) is -4.65. The van der Waals surface area contributed by atoms with Gasteiger partial charge in [-0.25, -0.2) is 9.79 Å². The zero-order valence-corrected chi connectivity index (χ0v) is 9.85. The van der Waals surface area contributed by atoms with Crippen LogP contribution < -0.4 is 17.2 Å². The molecule has 0 bridgehead atoms. The van der Waals surface area contributed by atoms with E-state index in [9.17, 15) is 18.0 Å². The molecule has 1 aromatic rings. The Balaban J connectivity index is 3.41. The zero-order chi connectivity index (χ0) is 15.5. The van der Waals surface area contributed by atoms with Crippen LogP contribution in [0.5, 0.6) is 0 Å². The number of rotatable bonds is 2. The summed E-state index contributed by atoms with van der Waals surface area (Å²) in [5, 5.41) is 8.88. The second kappa shape index (κ2) is 5.47. The van der Waals surface area contributed by atoms with Gasteiger partial charge in [0, 0.05) is 0 Å². The molecule has 0 spiro atoms. The summed E-state index contributed by atoms with van der Waals surface area (Å²) in [7, 11) is 0. The van der Waals surface area contributed by atoms with E-state index in [0.717, 1.165) is 6.07 Å². The number of aromatic carboxylic acids is 1. The molecule has 0 heterocycles. The maximum atomic E-state index is 12.6. The van der Waals surface area contributed by atoms with Crippen LogP contribution in [0.1, 0.15) is 15.9 Å². The van der Waals surface area contributed by atoms with Crippen molar-refractivity contribution in [1.29, 1.82) is 0 Å². The van der Waals surface area contributed by atoms with Gasteiger partial charge in [-0.1, -0.05) is 0 Å². The fourth-order valence-electron chi connectivity index (χ4n) is 1.26. The number of guanidine groups is 2. The smallest absolute Gasteiger partial charge is 0.416 e. The third kappa shape index (κ3) is 3.86. The molecular weight excluding hydrogens is 279 g/mol. The van der Waals surface area contributed by atoms with Crippen LogP contribution in [0.3, 0.4) is 0 Å². The zero-order valence-electron chi connectivity index (χ0n) is 9.85. The number of nitrogens with zero attached hydrogens (tertiary/aromatic N) is 2. The number of carboxylic acid groups (broad SMARTS) is 1. The molecule has 0 fully saturated rings. The van der Waals surface area contributed by atoms with E-state index in [4.69, 9.17) is 22.3 Å². The van der Waals surface area contributed by atoms with Crippen molar-refractivity contribution < 1.29 is 23.1 Å². The molecule has 1 aromatic carbocycles. The quantitative estimate of drug-likeness (QED) is 0.466. The number of alkyl halides is 3. The first-order chi connectivity index (χ1) is 9.11.